The Balaban J connectivity index is 2.12. The largest absolute Gasteiger partial charge is 0.466 e. The van der Waals surface area contributed by atoms with Crippen LogP contribution in [0.5, 0.6) is 0 Å². The number of thiophene rings is 1. The van der Waals surface area contributed by atoms with Crippen LogP contribution >= 0.6 is 11.3 Å². The molecule has 1 fully saturated rings. The third-order valence-electron chi connectivity index (χ3n) is 4.81. The Labute approximate surface area is 180 Å². The molecule has 0 bridgehead atoms. The van der Waals surface area contributed by atoms with Crippen LogP contribution in [0.25, 0.3) is 0 Å². The summed E-state index contributed by atoms with van der Waals surface area (Å²) in [4.78, 5) is 51.4. The van der Waals surface area contributed by atoms with Gasteiger partial charge in [0.1, 0.15) is 5.00 Å². The van der Waals surface area contributed by atoms with E-state index in [4.69, 9.17) is 9.47 Å². The monoisotopic (exact) mass is 439 g/mol. The molecule has 1 aromatic rings. The molecule has 0 radical (unpaired) electrons. The summed E-state index contributed by atoms with van der Waals surface area (Å²) in [5.41, 5.74) is 0.658. The number of esters is 2. The van der Waals surface area contributed by atoms with Crippen LogP contribution in [-0.4, -0.2) is 68.5 Å². The molecule has 2 rings (SSSR count). The Morgan fingerprint density at radius 1 is 1.17 bits per heavy atom. The van der Waals surface area contributed by atoms with Crippen LogP contribution < -0.4 is 10.6 Å². The summed E-state index contributed by atoms with van der Waals surface area (Å²) in [5, 5.41) is 5.57. The lowest BCUT2D eigenvalue weighted by atomic mass is 9.98. The lowest BCUT2D eigenvalue weighted by molar-refractivity contribution is -0.150. The van der Waals surface area contributed by atoms with Gasteiger partial charge in [-0.15, -0.1) is 11.3 Å². The van der Waals surface area contributed by atoms with Gasteiger partial charge in [-0.05, 0) is 45.7 Å². The molecule has 10 heteroatoms. The lowest BCUT2D eigenvalue weighted by Crippen LogP contribution is -2.43. The van der Waals surface area contributed by atoms with Crippen molar-refractivity contribution in [3.8, 4) is 0 Å². The average Bonchev–Trinajstić information content (AvgIpc) is 3.03. The second-order valence-electron chi connectivity index (χ2n) is 6.93. The first-order valence-electron chi connectivity index (χ1n) is 10.0. The molecule has 166 valence electrons. The van der Waals surface area contributed by atoms with Crippen LogP contribution in [0.15, 0.2) is 0 Å². The van der Waals surface area contributed by atoms with Gasteiger partial charge in [0.15, 0.2) is 0 Å². The zero-order valence-corrected chi connectivity index (χ0v) is 18.6. The Hall–Kier alpha value is -2.46. The van der Waals surface area contributed by atoms with E-state index < -0.39 is 5.97 Å². The van der Waals surface area contributed by atoms with Gasteiger partial charge < -0.3 is 20.1 Å². The maximum Gasteiger partial charge on any atom is 0.341 e. The zero-order valence-electron chi connectivity index (χ0n) is 17.8. The van der Waals surface area contributed by atoms with Crippen LogP contribution in [-0.2, 0) is 19.1 Å². The molecule has 2 heterocycles. The Morgan fingerprint density at radius 2 is 1.87 bits per heavy atom. The van der Waals surface area contributed by atoms with Crippen molar-refractivity contribution in [1.29, 1.82) is 0 Å². The van der Waals surface area contributed by atoms with Crippen molar-refractivity contribution in [3.63, 3.8) is 0 Å². The molecule has 0 unspecified atom stereocenters. The number of hydrogen-bond acceptors (Lipinski definition) is 8. The zero-order chi connectivity index (χ0) is 22.3. The number of amides is 2. The molecule has 1 aliphatic heterocycles. The summed E-state index contributed by atoms with van der Waals surface area (Å²) < 4.78 is 10.2. The highest BCUT2D eigenvalue weighted by atomic mass is 32.1. The lowest BCUT2D eigenvalue weighted by Gasteiger charge is -2.30. The number of carbonyl (C=O) groups excluding carboxylic acids is 4. The number of likely N-dealkylation sites (tertiary alicyclic amines) is 1. The van der Waals surface area contributed by atoms with Crippen molar-refractivity contribution in [3.05, 3.63) is 16.0 Å². The van der Waals surface area contributed by atoms with Gasteiger partial charge in [-0.2, -0.15) is 0 Å². The molecule has 2 N–H and O–H groups in total. The van der Waals surface area contributed by atoms with Crippen molar-refractivity contribution in [2.24, 2.45) is 5.92 Å². The third kappa shape index (κ3) is 5.79. The molecule has 0 aliphatic carbocycles. The van der Waals surface area contributed by atoms with Gasteiger partial charge in [0, 0.05) is 13.6 Å². The summed E-state index contributed by atoms with van der Waals surface area (Å²) in [6.45, 7) is 6.83. The number of nitrogens with one attached hydrogen (secondary N) is 2. The van der Waals surface area contributed by atoms with Crippen molar-refractivity contribution in [2.75, 3.05) is 45.2 Å². The van der Waals surface area contributed by atoms with E-state index in [1.54, 1.807) is 20.8 Å². The molecule has 1 aliphatic rings. The fourth-order valence-electron chi connectivity index (χ4n) is 3.40. The molecule has 0 spiro atoms. The predicted molar refractivity (Wildman–Crippen MR) is 113 cm³/mol. The topological polar surface area (TPSA) is 114 Å². The van der Waals surface area contributed by atoms with Gasteiger partial charge in [0.2, 0.25) is 5.91 Å². The van der Waals surface area contributed by atoms with Gasteiger partial charge in [-0.3, -0.25) is 19.3 Å². The quantitative estimate of drug-likeness (QED) is 0.594. The number of piperidine rings is 1. The molecule has 1 atom stereocenters. The van der Waals surface area contributed by atoms with Crippen LogP contribution in [0.2, 0.25) is 0 Å². The average molecular weight is 440 g/mol. The van der Waals surface area contributed by atoms with Crippen molar-refractivity contribution in [1.82, 2.24) is 10.2 Å². The summed E-state index contributed by atoms with van der Waals surface area (Å²) in [6, 6.07) is 0. The molecular weight excluding hydrogens is 410 g/mol. The van der Waals surface area contributed by atoms with E-state index in [0.29, 0.717) is 30.1 Å². The highest BCUT2D eigenvalue weighted by Crippen LogP contribution is 2.34. The molecule has 9 nitrogen and oxygen atoms in total. The second kappa shape index (κ2) is 11.1. The third-order valence-corrected chi connectivity index (χ3v) is 6.01. The normalized spacial score (nSPS) is 16.6. The van der Waals surface area contributed by atoms with E-state index in [1.165, 1.54) is 7.05 Å². The smallest absolute Gasteiger partial charge is 0.341 e. The first-order valence-corrected chi connectivity index (χ1v) is 10.8. The first-order chi connectivity index (χ1) is 14.3. The highest BCUT2D eigenvalue weighted by molar-refractivity contribution is 7.18. The van der Waals surface area contributed by atoms with E-state index in [-0.39, 0.29) is 47.4 Å². The van der Waals surface area contributed by atoms with E-state index in [2.05, 4.69) is 10.6 Å². The van der Waals surface area contributed by atoms with E-state index in [0.717, 1.165) is 24.2 Å². The number of hydrogen-bond donors (Lipinski definition) is 2. The molecule has 30 heavy (non-hydrogen) atoms. The molecule has 0 aromatic carbocycles. The fraction of sp³-hybridized carbons (Fsp3) is 0.600. The van der Waals surface area contributed by atoms with E-state index in [1.807, 2.05) is 4.90 Å². The maximum absolute atomic E-state index is 12.7. The molecule has 1 saturated heterocycles. The highest BCUT2D eigenvalue weighted by Gasteiger charge is 2.29. The number of anilines is 1. The Kier molecular flexibility index (Phi) is 8.79. The SMILES string of the molecule is CCOC(=O)c1c(NC(=O)CN2CCC[C@@H](C(=O)OCC)C2)sc(C(=O)NC)c1C. The van der Waals surface area contributed by atoms with Crippen LogP contribution in [0.3, 0.4) is 0 Å². The second-order valence-corrected chi connectivity index (χ2v) is 7.96. The summed E-state index contributed by atoms with van der Waals surface area (Å²) >= 11 is 1.04. The fourth-order valence-corrected chi connectivity index (χ4v) is 4.56. The summed E-state index contributed by atoms with van der Waals surface area (Å²) in [5.74, 6) is -1.73. The van der Waals surface area contributed by atoms with Gasteiger partial charge in [-0.1, -0.05) is 0 Å². The number of carbonyl (C=O) groups is 4. The van der Waals surface area contributed by atoms with E-state index in [9.17, 15) is 19.2 Å². The molecule has 0 saturated carbocycles. The molecular formula is C20H29N3O6S. The minimum absolute atomic E-state index is 0.0738. The Morgan fingerprint density at radius 3 is 2.50 bits per heavy atom. The van der Waals surface area contributed by atoms with Crippen LogP contribution in [0, 0.1) is 12.8 Å². The minimum Gasteiger partial charge on any atom is -0.466 e. The molecule has 2 amide bonds. The summed E-state index contributed by atoms with van der Waals surface area (Å²) in [6.07, 6.45) is 1.54. The van der Waals surface area contributed by atoms with Crippen molar-refractivity contribution >= 4 is 40.1 Å². The van der Waals surface area contributed by atoms with Crippen molar-refractivity contribution in [2.45, 2.75) is 33.6 Å². The van der Waals surface area contributed by atoms with Gasteiger partial charge in [0.05, 0.1) is 36.1 Å². The maximum atomic E-state index is 12.7. The van der Waals surface area contributed by atoms with Gasteiger partial charge in [0.25, 0.3) is 5.91 Å². The molecule has 1 aromatic heterocycles. The van der Waals surface area contributed by atoms with Crippen LogP contribution in [0.1, 0.15) is 52.3 Å². The predicted octanol–water partition coefficient (Wildman–Crippen LogP) is 1.81. The first kappa shape index (κ1) is 23.8. The van der Waals surface area contributed by atoms with Gasteiger partial charge >= 0.3 is 11.9 Å². The van der Waals surface area contributed by atoms with Gasteiger partial charge in [-0.25, -0.2) is 4.79 Å². The minimum atomic E-state index is -0.586. The number of nitrogens with zero attached hydrogens (tertiary/aromatic N) is 1. The number of ether oxygens (including phenoxy) is 2. The number of rotatable bonds is 8. The van der Waals surface area contributed by atoms with E-state index >= 15 is 0 Å². The summed E-state index contributed by atoms with van der Waals surface area (Å²) in [7, 11) is 1.50. The van der Waals surface area contributed by atoms with Crippen LogP contribution in [0.4, 0.5) is 5.00 Å². The standard InChI is InChI=1S/C20H29N3O6S/c1-5-28-19(26)13-8-7-9-23(10-13)11-14(24)22-18-15(20(27)29-6-2)12(3)16(30-18)17(25)21-4/h13H,5-11H2,1-4H3,(H,21,25)(H,22,24)/t13-/m1/s1. The Bertz CT molecular complexity index is 807. The van der Waals surface area contributed by atoms with Crippen molar-refractivity contribution < 1.29 is 28.7 Å².